The first-order valence-corrected chi connectivity index (χ1v) is 8.43. The number of aliphatic imine (C=N–C) groups is 1. The molecule has 4 N–H and O–H groups in total. The Hall–Kier alpha value is -1.84. The lowest BCUT2D eigenvalue weighted by Crippen LogP contribution is -2.48. The molecule has 0 spiro atoms. The number of hydrogen-bond donors (Lipinski definition) is 4. The number of nitrogens with zero attached hydrogens (tertiary/aromatic N) is 1. The fourth-order valence-electron chi connectivity index (χ4n) is 2.85. The van der Waals surface area contributed by atoms with Crippen molar-refractivity contribution in [1.29, 1.82) is 0 Å². The first kappa shape index (κ1) is 22.2. The maximum absolute atomic E-state index is 11.9. The van der Waals surface area contributed by atoms with Crippen LogP contribution in [-0.2, 0) is 9.59 Å². The summed E-state index contributed by atoms with van der Waals surface area (Å²) >= 11 is 0. The second-order valence-corrected chi connectivity index (χ2v) is 6.81. The number of carbonyl (C=O) groups is 2. The molecule has 0 saturated heterocycles. The van der Waals surface area contributed by atoms with Crippen molar-refractivity contribution in [2.75, 3.05) is 32.5 Å². The monoisotopic (exact) mass is 473 g/mol. The summed E-state index contributed by atoms with van der Waals surface area (Å²) in [6.45, 7) is 4.78. The number of carbonyl (C=O) groups excluding carboxylic acids is 2. The Morgan fingerprint density at radius 1 is 1.31 bits per heavy atom. The van der Waals surface area contributed by atoms with Crippen LogP contribution >= 0.6 is 24.0 Å². The number of para-hydroxylation sites is 1. The van der Waals surface area contributed by atoms with E-state index in [2.05, 4.69) is 26.3 Å². The van der Waals surface area contributed by atoms with Gasteiger partial charge >= 0.3 is 0 Å². The number of hydrogen-bond acceptors (Lipinski definition) is 3. The molecule has 8 heteroatoms. The zero-order valence-corrected chi connectivity index (χ0v) is 18.0. The van der Waals surface area contributed by atoms with Gasteiger partial charge in [-0.15, -0.1) is 24.0 Å². The molecule has 0 aromatic heterocycles. The maximum Gasteiger partial charge on any atom is 0.227 e. The number of anilines is 1. The summed E-state index contributed by atoms with van der Waals surface area (Å²) in [7, 11) is 3.31. The van der Waals surface area contributed by atoms with E-state index in [0.29, 0.717) is 25.5 Å². The smallest absolute Gasteiger partial charge is 0.227 e. The van der Waals surface area contributed by atoms with Gasteiger partial charge in [0.25, 0.3) is 0 Å². The molecule has 0 saturated carbocycles. The normalized spacial score (nSPS) is 16.7. The topological polar surface area (TPSA) is 94.6 Å². The van der Waals surface area contributed by atoms with Crippen molar-refractivity contribution in [2.24, 2.45) is 10.4 Å². The van der Waals surface area contributed by atoms with E-state index < -0.39 is 5.41 Å². The highest BCUT2D eigenvalue weighted by atomic mass is 127. The third kappa shape index (κ3) is 5.58. The van der Waals surface area contributed by atoms with Crippen LogP contribution in [0, 0.1) is 5.41 Å². The van der Waals surface area contributed by atoms with Gasteiger partial charge in [0, 0.05) is 45.2 Å². The molecule has 0 aliphatic carbocycles. The van der Waals surface area contributed by atoms with Crippen molar-refractivity contribution in [3.05, 3.63) is 29.8 Å². The first-order chi connectivity index (χ1) is 11.9. The molecule has 1 atom stereocenters. The summed E-state index contributed by atoms with van der Waals surface area (Å²) in [5.74, 6) is 0.679. The Morgan fingerprint density at radius 3 is 2.65 bits per heavy atom. The molecule has 0 radical (unpaired) electrons. The molecule has 0 bridgehead atoms. The number of fused-ring (bicyclic) bond motifs is 1. The van der Waals surface area contributed by atoms with Crippen molar-refractivity contribution in [1.82, 2.24) is 16.0 Å². The van der Waals surface area contributed by atoms with Gasteiger partial charge in [0.05, 0.1) is 5.41 Å². The molecular weight excluding hydrogens is 445 g/mol. The highest BCUT2D eigenvalue weighted by molar-refractivity contribution is 14.0. The van der Waals surface area contributed by atoms with E-state index in [4.69, 9.17) is 0 Å². The lowest BCUT2D eigenvalue weighted by Gasteiger charge is -2.27. The average Bonchev–Trinajstić information content (AvgIpc) is 2.60. The molecule has 2 rings (SSSR count). The predicted molar refractivity (Wildman–Crippen MR) is 115 cm³/mol. The van der Waals surface area contributed by atoms with Crippen molar-refractivity contribution in [3.63, 3.8) is 0 Å². The van der Waals surface area contributed by atoms with E-state index in [1.165, 1.54) is 0 Å². The van der Waals surface area contributed by atoms with Gasteiger partial charge in [-0.2, -0.15) is 0 Å². The number of guanidine groups is 1. The van der Waals surface area contributed by atoms with Crippen molar-refractivity contribution in [3.8, 4) is 0 Å². The Labute approximate surface area is 171 Å². The van der Waals surface area contributed by atoms with Crippen LogP contribution in [0.25, 0.3) is 0 Å². The van der Waals surface area contributed by atoms with Crippen molar-refractivity contribution >= 4 is 47.4 Å². The van der Waals surface area contributed by atoms with E-state index in [1.54, 1.807) is 14.1 Å². The maximum atomic E-state index is 11.9. The lowest BCUT2D eigenvalue weighted by atomic mass is 9.90. The minimum Gasteiger partial charge on any atom is -0.359 e. The highest BCUT2D eigenvalue weighted by Crippen LogP contribution is 2.31. The second kappa shape index (κ2) is 9.75. The van der Waals surface area contributed by atoms with Crippen molar-refractivity contribution < 1.29 is 9.59 Å². The molecule has 144 valence electrons. The summed E-state index contributed by atoms with van der Waals surface area (Å²) in [6, 6.07) is 7.84. The van der Waals surface area contributed by atoms with Crippen molar-refractivity contribution in [2.45, 2.75) is 26.2 Å². The van der Waals surface area contributed by atoms with Gasteiger partial charge < -0.3 is 21.3 Å². The average molecular weight is 473 g/mol. The number of nitrogens with one attached hydrogen (secondary N) is 4. The van der Waals surface area contributed by atoms with Gasteiger partial charge in [0.1, 0.15) is 0 Å². The van der Waals surface area contributed by atoms with Gasteiger partial charge in [-0.1, -0.05) is 18.2 Å². The lowest BCUT2D eigenvalue weighted by molar-refractivity contribution is -0.128. The van der Waals surface area contributed by atoms with E-state index in [9.17, 15) is 9.59 Å². The van der Waals surface area contributed by atoms with E-state index in [-0.39, 0.29) is 41.7 Å². The Bertz CT molecular complexity index is 675. The van der Waals surface area contributed by atoms with Gasteiger partial charge in [-0.3, -0.25) is 14.6 Å². The number of benzene rings is 1. The second-order valence-electron chi connectivity index (χ2n) is 6.81. The van der Waals surface area contributed by atoms with Gasteiger partial charge in [0.15, 0.2) is 5.96 Å². The molecule has 7 nitrogen and oxygen atoms in total. The Kier molecular flexibility index (Phi) is 8.32. The van der Waals surface area contributed by atoms with E-state index in [0.717, 1.165) is 11.3 Å². The number of amides is 2. The van der Waals surface area contributed by atoms with Crippen LogP contribution in [0.2, 0.25) is 0 Å². The van der Waals surface area contributed by atoms with Gasteiger partial charge in [-0.25, -0.2) is 0 Å². The molecule has 1 aliphatic rings. The standard InChI is InChI=1S/C18H27N5O2.HI/c1-18(2,16(25)19-3)11-22-17(20-4)21-10-12-9-15(24)23-14-8-6-5-7-13(12)14;/h5-8,12H,9-11H2,1-4H3,(H,19,25)(H,23,24)(H2,20,21,22);1H. The summed E-state index contributed by atoms with van der Waals surface area (Å²) < 4.78 is 0. The number of halogens is 1. The molecule has 1 unspecified atom stereocenters. The summed E-state index contributed by atoms with van der Waals surface area (Å²) in [6.07, 6.45) is 0.435. The summed E-state index contributed by atoms with van der Waals surface area (Å²) in [5, 5.41) is 12.0. The van der Waals surface area contributed by atoms with Gasteiger partial charge in [0.2, 0.25) is 11.8 Å². The fourth-order valence-corrected chi connectivity index (χ4v) is 2.85. The molecule has 0 fully saturated rings. The molecule has 1 aromatic rings. The highest BCUT2D eigenvalue weighted by Gasteiger charge is 2.27. The Morgan fingerprint density at radius 2 is 2.00 bits per heavy atom. The molecule has 26 heavy (non-hydrogen) atoms. The number of rotatable bonds is 5. The minimum absolute atomic E-state index is 0. The quantitative estimate of drug-likeness (QED) is 0.297. The van der Waals surface area contributed by atoms with Crippen LogP contribution in [0.1, 0.15) is 31.7 Å². The van der Waals surface area contributed by atoms with Crippen LogP contribution in [0.3, 0.4) is 0 Å². The van der Waals surface area contributed by atoms with Crippen LogP contribution in [-0.4, -0.2) is 45.0 Å². The largest absolute Gasteiger partial charge is 0.359 e. The SMILES string of the molecule is CN=C(NCC1CC(=O)Nc2ccccc21)NCC(C)(C)C(=O)NC.I. The van der Waals surface area contributed by atoms with Gasteiger partial charge in [-0.05, 0) is 25.5 Å². The van der Waals surface area contributed by atoms with Crippen LogP contribution in [0.5, 0.6) is 0 Å². The van der Waals surface area contributed by atoms with E-state index >= 15 is 0 Å². The summed E-state index contributed by atoms with van der Waals surface area (Å²) in [5.41, 5.74) is 1.44. The third-order valence-corrected chi connectivity index (χ3v) is 4.39. The molecular formula is C18H28IN5O2. The molecule has 1 aliphatic heterocycles. The Balaban J connectivity index is 0.00000338. The first-order valence-electron chi connectivity index (χ1n) is 8.43. The zero-order chi connectivity index (χ0) is 18.4. The zero-order valence-electron chi connectivity index (χ0n) is 15.7. The van der Waals surface area contributed by atoms with E-state index in [1.807, 2.05) is 38.1 Å². The summed E-state index contributed by atoms with van der Waals surface area (Å²) in [4.78, 5) is 27.9. The molecule has 2 amide bonds. The van der Waals surface area contributed by atoms with Crippen LogP contribution < -0.4 is 21.3 Å². The third-order valence-electron chi connectivity index (χ3n) is 4.39. The van der Waals surface area contributed by atoms with Crippen LogP contribution in [0.4, 0.5) is 5.69 Å². The molecule has 1 aromatic carbocycles. The van der Waals surface area contributed by atoms with Crippen LogP contribution in [0.15, 0.2) is 29.3 Å². The fraction of sp³-hybridized carbons (Fsp3) is 0.500. The molecule has 1 heterocycles. The predicted octanol–water partition coefficient (Wildman–Crippen LogP) is 1.67. The minimum atomic E-state index is -0.552.